The zero-order valence-electron chi connectivity index (χ0n) is 13.5. The number of thioether (sulfide) groups is 1. The van der Waals surface area contributed by atoms with Crippen molar-refractivity contribution in [1.29, 1.82) is 0 Å². The third kappa shape index (κ3) is 2.56. The molecule has 4 aromatic rings. The summed E-state index contributed by atoms with van der Waals surface area (Å²) in [4.78, 5) is 24.0. The van der Waals surface area contributed by atoms with Crippen LogP contribution in [0.1, 0.15) is 15.4 Å². The number of thiophene rings is 1. The summed E-state index contributed by atoms with van der Waals surface area (Å²) in [5.74, 6) is 0.717. The molecule has 7 heteroatoms. The fourth-order valence-corrected chi connectivity index (χ4v) is 5.60. The van der Waals surface area contributed by atoms with E-state index in [1.165, 1.54) is 4.70 Å². The first-order chi connectivity index (χ1) is 11.5. The largest absolute Gasteiger partial charge is 0.290 e. The van der Waals surface area contributed by atoms with Gasteiger partial charge in [0.1, 0.15) is 9.84 Å². The van der Waals surface area contributed by atoms with Crippen molar-refractivity contribution < 1.29 is 0 Å². The van der Waals surface area contributed by atoms with Gasteiger partial charge in [0.25, 0.3) is 5.56 Å². The molecule has 0 N–H and O–H groups in total. The van der Waals surface area contributed by atoms with Gasteiger partial charge in [0.05, 0.1) is 21.4 Å². The number of hydrogen-bond donors (Lipinski definition) is 0. The van der Waals surface area contributed by atoms with Crippen LogP contribution in [0.5, 0.6) is 0 Å². The monoisotopic (exact) mass is 373 g/mol. The average molecular weight is 374 g/mol. The van der Waals surface area contributed by atoms with Gasteiger partial charge in [-0.2, -0.15) is 0 Å². The first kappa shape index (κ1) is 15.8. The molecule has 0 aliphatic carbocycles. The predicted octanol–water partition coefficient (Wildman–Crippen LogP) is 4.51. The molecule has 0 aliphatic heterocycles. The maximum Gasteiger partial charge on any atom is 0.262 e. The summed E-state index contributed by atoms with van der Waals surface area (Å²) in [7, 11) is 1.79. The Kier molecular flexibility index (Phi) is 3.94. The van der Waals surface area contributed by atoms with Crippen LogP contribution in [-0.4, -0.2) is 14.5 Å². The van der Waals surface area contributed by atoms with Crippen LogP contribution in [0.3, 0.4) is 0 Å². The zero-order valence-corrected chi connectivity index (χ0v) is 15.9. The van der Waals surface area contributed by atoms with E-state index >= 15 is 0 Å². The first-order valence-electron chi connectivity index (χ1n) is 7.48. The van der Waals surface area contributed by atoms with Crippen LogP contribution in [-0.2, 0) is 12.8 Å². The van der Waals surface area contributed by atoms with Crippen molar-refractivity contribution in [3.63, 3.8) is 0 Å². The summed E-state index contributed by atoms with van der Waals surface area (Å²) >= 11 is 4.85. The SMILES string of the molecule is Cc1sc2nc(SCc3nc4ccccc4s3)n(C)c(=O)c2c1C. The van der Waals surface area contributed by atoms with Crippen molar-refractivity contribution in [3.05, 3.63) is 50.1 Å². The van der Waals surface area contributed by atoms with Crippen molar-refractivity contribution in [1.82, 2.24) is 14.5 Å². The van der Waals surface area contributed by atoms with E-state index in [1.807, 2.05) is 32.0 Å². The van der Waals surface area contributed by atoms with Gasteiger partial charge < -0.3 is 0 Å². The van der Waals surface area contributed by atoms with Gasteiger partial charge in [-0.15, -0.1) is 22.7 Å². The summed E-state index contributed by atoms with van der Waals surface area (Å²) < 4.78 is 2.84. The zero-order chi connectivity index (χ0) is 16.8. The fourth-order valence-electron chi connectivity index (χ4n) is 2.59. The lowest BCUT2D eigenvalue weighted by molar-refractivity contribution is 0.727. The lowest BCUT2D eigenvalue weighted by Crippen LogP contribution is -2.19. The van der Waals surface area contributed by atoms with Gasteiger partial charge in [-0.3, -0.25) is 9.36 Å². The molecule has 3 heterocycles. The van der Waals surface area contributed by atoms with E-state index in [0.29, 0.717) is 5.75 Å². The molecule has 4 nitrogen and oxygen atoms in total. The van der Waals surface area contributed by atoms with Crippen LogP contribution < -0.4 is 5.56 Å². The molecule has 0 radical (unpaired) electrons. The second-order valence-electron chi connectivity index (χ2n) is 5.59. The van der Waals surface area contributed by atoms with Gasteiger partial charge in [0.2, 0.25) is 0 Å². The molecule has 0 atom stereocenters. The Hall–Kier alpha value is -1.70. The summed E-state index contributed by atoms with van der Waals surface area (Å²) in [6.07, 6.45) is 0. The Morgan fingerprint density at radius 3 is 2.75 bits per heavy atom. The lowest BCUT2D eigenvalue weighted by atomic mass is 10.2. The fraction of sp³-hybridized carbons (Fsp3) is 0.235. The Bertz CT molecular complexity index is 1090. The van der Waals surface area contributed by atoms with E-state index < -0.39 is 0 Å². The minimum Gasteiger partial charge on any atom is -0.290 e. The van der Waals surface area contributed by atoms with Gasteiger partial charge in [0.15, 0.2) is 5.16 Å². The van der Waals surface area contributed by atoms with Crippen LogP contribution >= 0.6 is 34.4 Å². The van der Waals surface area contributed by atoms with E-state index in [-0.39, 0.29) is 5.56 Å². The van der Waals surface area contributed by atoms with Gasteiger partial charge in [-0.25, -0.2) is 9.97 Å². The van der Waals surface area contributed by atoms with Crippen molar-refractivity contribution in [3.8, 4) is 0 Å². The van der Waals surface area contributed by atoms with Crippen LogP contribution in [0.15, 0.2) is 34.2 Å². The highest BCUT2D eigenvalue weighted by Gasteiger charge is 2.15. The molecule has 0 aliphatic rings. The maximum atomic E-state index is 12.6. The van der Waals surface area contributed by atoms with Gasteiger partial charge in [0, 0.05) is 11.9 Å². The molecule has 3 aromatic heterocycles. The molecule has 4 rings (SSSR count). The normalized spacial score (nSPS) is 11.6. The molecule has 122 valence electrons. The topological polar surface area (TPSA) is 47.8 Å². The molecule has 0 unspecified atom stereocenters. The highest BCUT2D eigenvalue weighted by Crippen LogP contribution is 2.30. The quantitative estimate of drug-likeness (QED) is 0.391. The van der Waals surface area contributed by atoms with Crippen molar-refractivity contribution in [2.24, 2.45) is 7.05 Å². The molecular formula is C17H15N3OS3. The molecule has 0 saturated carbocycles. The van der Waals surface area contributed by atoms with Gasteiger partial charge in [-0.05, 0) is 31.5 Å². The molecule has 1 aromatic carbocycles. The molecule has 24 heavy (non-hydrogen) atoms. The smallest absolute Gasteiger partial charge is 0.262 e. The molecule has 0 saturated heterocycles. The Morgan fingerprint density at radius 2 is 1.96 bits per heavy atom. The van der Waals surface area contributed by atoms with Crippen LogP contribution in [0, 0.1) is 13.8 Å². The Labute approximate surface area is 151 Å². The first-order valence-corrected chi connectivity index (χ1v) is 10.1. The molecular weight excluding hydrogens is 358 g/mol. The van der Waals surface area contributed by atoms with Gasteiger partial charge >= 0.3 is 0 Å². The van der Waals surface area contributed by atoms with E-state index in [2.05, 4.69) is 11.1 Å². The number of rotatable bonds is 3. The minimum absolute atomic E-state index is 0.0358. The third-order valence-corrected chi connectivity index (χ3v) is 7.39. The average Bonchev–Trinajstić information content (AvgIpc) is 3.10. The number of para-hydroxylation sites is 1. The number of nitrogens with zero attached hydrogens (tertiary/aromatic N) is 3. The Morgan fingerprint density at radius 1 is 1.17 bits per heavy atom. The van der Waals surface area contributed by atoms with Crippen molar-refractivity contribution in [2.45, 2.75) is 24.8 Å². The van der Waals surface area contributed by atoms with Crippen LogP contribution in [0.4, 0.5) is 0 Å². The minimum atomic E-state index is 0.0358. The molecule has 0 fully saturated rings. The van der Waals surface area contributed by atoms with Gasteiger partial charge in [-0.1, -0.05) is 23.9 Å². The molecule has 0 spiro atoms. The summed E-state index contributed by atoms with van der Waals surface area (Å²) in [5.41, 5.74) is 2.11. The number of aromatic nitrogens is 3. The van der Waals surface area contributed by atoms with E-state index in [4.69, 9.17) is 4.98 Å². The predicted molar refractivity (Wildman–Crippen MR) is 104 cm³/mol. The van der Waals surface area contributed by atoms with E-state index in [0.717, 1.165) is 36.3 Å². The third-order valence-electron chi connectivity index (χ3n) is 4.03. The lowest BCUT2D eigenvalue weighted by Gasteiger charge is -2.06. The number of fused-ring (bicyclic) bond motifs is 2. The van der Waals surface area contributed by atoms with Crippen LogP contribution in [0.25, 0.3) is 20.4 Å². The summed E-state index contributed by atoms with van der Waals surface area (Å²) in [5, 5.41) is 2.55. The maximum absolute atomic E-state index is 12.6. The summed E-state index contributed by atoms with van der Waals surface area (Å²) in [6.45, 7) is 4.03. The Balaban J connectivity index is 1.69. The second-order valence-corrected chi connectivity index (χ2v) is 8.85. The highest BCUT2D eigenvalue weighted by atomic mass is 32.2. The molecule has 0 amide bonds. The molecule has 0 bridgehead atoms. The standard InChI is InChI=1S/C17H15N3OS3/c1-9-10(2)23-15-14(9)16(21)20(3)17(19-15)22-8-13-18-11-6-4-5-7-12(11)24-13/h4-7H,8H2,1-3H3. The highest BCUT2D eigenvalue weighted by molar-refractivity contribution is 7.98. The van der Waals surface area contributed by atoms with E-state index in [9.17, 15) is 4.79 Å². The number of benzene rings is 1. The van der Waals surface area contributed by atoms with Crippen LogP contribution in [0.2, 0.25) is 0 Å². The number of aryl methyl sites for hydroxylation is 2. The van der Waals surface area contributed by atoms with Crippen molar-refractivity contribution in [2.75, 3.05) is 0 Å². The summed E-state index contributed by atoms with van der Waals surface area (Å²) in [6, 6.07) is 8.13. The number of hydrogen-bond acceptors (Lipinski definition) is 6. The van der Waals surface area contributed by atoms with E-state index in [1.54, 1.807) is 46.1 Å². The number of thiazole rings is 1. The second kappa shape index (κ2) is 5.98. The van der Waals surface area contributed by atoms with Crippen molar-refractivity contribution >= 4 is 54.9 Å².